The molecule has 0 unspecified atom stereocenters. The van der Waals surface area contributed by atoms with Crippen LogP contribution in [0.1, 0.15) is 11.1 Å². The van der Waals surface area contributed by atoms with Crippen molar-refractivity contribution in [1.82, 2.24) is 10.3 Å². The average molecular weight is 340 g/mol. The van der Waals surface area contributed by atoms with E-state index in [2.05, 4.69) is 10.3 Å². The molecule has 6 nitrogen and oxygen atoms in total. The van der Waals surface area contributed by atoms with Crippen LogP contribution in [-0.4, -0.2) is 38.9 Å². The number of aliphatic carboxylic acids is 1. The van der Waals surface area contributed by atoms with E-state index in [0.29, 0.717) is 24.9 Å². The number of phenolic OH excluding ortho intramolecular Hbond substituents is 2. The zero-order chi connectivity index (χ0) is 17.8. The fourth-order valence-corrected chi connectivity index (χ4v) is 2.91. The van der Waals surface area contributed by atoms with Crippen LogP contribution in [0.15, 0.2) is 48.7 Å². The smallest absolute Gasteiger partial charge is 0.321 e. The number of aromatic hydroxyl groups is 2. The molecular weight excluding hydrogens is 320 g/mol. The van der Waals surface area contributed by atoms with Crippen LogP contribution in [0.5, 0.6) is 11.5 Å². The third kappa shape index (κ3) is 3.92. The number of phenols is 2. The van der Waals surface area contributed by atoms with Crippen LogP contribution in [0.4, 0.5) is 0 Å². The first-order valence-electron chi connectivity index (χ1n) is 8.06. The van der Waals surface area contributed by atoms with Gasteiger partial charge in [0.2, 0.25) is 0 Å². The summed E-state index contributed by atoms with van der Waals surface area (Å²) in [6, 6.07) is 11.5. The van der Waals surface area contributed by atoms with Crippen LogP contribution >= 0.6 is 0 Å². The summed E-state index contributed by atoms with van der Waals surface area (Å²) in [7, 11) is 0. The zero-order valence-electron chi connectivity index (χ0n) is 13.6. The number of hydrogen-bond acceptors (Lipinski definition) is 4. The number of hydrogen-bond donors (Lipinski definition) is 5. The maximum Gasteiger partial charge on any atom is 0.321 e. The van der Waals surface area contributed by atoms with Gasteiger partial charge in [-0.15, -0.1) is 0 Å². The molecule has 3 aromatic rings. The van der Waals surface area contributed by atoms with Gasteiger partial charge in [-0.3, -0.25) is 4.79 Å². The van der Waals surface area contributed by atoms with Crippen LogP contribution in [0.3, 0.4) is 0 Å². The number of carbonyl (C=O) groups is 1. The second kappa shape index (κ2) is 7.27. The van der Waals surface area contributed by atoms with Gasteiger partial charge in [-0.2, -0.15) is 0 Å². The molecule has 0 amide bonds. The number of aromatic nitrogens is 1. The molecule has 0 spiro atoms. The highest BCUT2D eigenvalue weighted by molar-refractivity contribution is 5.84. The molecule has 0 aliphatic rings. The van der Waals surface area contributed by atoms with Gasteiger partial charge in [-0.05, 0) is 29.7 Å². The van der Waals surface area contributed by atoms with Crippen molar-refractivity contribution in [2.24, 2.45) is 0 Å². The summed E-state index contributed by atoms with van der Waals surface area (Å²) >= 11 is 0. The number of para-hydroxylation sites is 1. The molecule has 130 valence electrons. The third-order valence-electron chi connectivity index (χ3n) is 4.25. The molecule has 1 aromatic heterocycles. The zero-order valence-corrected chi connectivity index (χ0v) is 13.6. The van der Waals surface area contributed by atoms with Gasteiger partial charge in [0.25, 0.3) is 0 Å². The molecule has 6 heteroatoms. The van der Waals surface area contributed by atoms with Gasteiger partial charge in [0.05, 0.1) is 0 Å². The van der Waals surface area contributed by atoms with Gasteiger partial charge in [-0.25, -0.2) is 0 Å². The average Bonchev–Trinajstić information content (AvgIpc) is 2.99. The van der Waals surface area contributed by atoms with E-state index in [1.165, 1.54) is 12.1 Å². The number of nitrogens with one attached hydrogen (secondary N) is 2. The van der Waals surface area contributed by atoms with E-state index in [0.717, 1.165) is 16.5 Å². The highest BCUT2D eigenvalue weighted by Crippen LogP contribution is 2.23. The van der Waals surface area contributed by atoms with Crippen LogP contribution in [0.25, 0.3) is 10.9 Å². The summed E-state index contributed by atoms with van der Waals surface area (Å²) in [5.74, 6) is -0.914. The van der Waals surface area contributed by atoms with E-state index in [9.17, 15) is 20.1 Å². The molecule has 1 heterocycles. The number of rotatable bonds is 7. The van der Waals surface area contributed by atoms with Crippen molar-refractivity contribution in [2.75, 3.05) is 6.54 Å². The standard InChI is InChI=1S/C19H20N2O4/c22-14-6-5-12(18(23)10-14)7-8-20-17(19(24)25)9-13-11-21-16-4-2-1-3-15(13)16/h1-6,10-11,17,20-23H,7-9H2,(H,24,25)/t17-/m0/s1. The number of benzene rings is 2. The molecule has 5 N–H and O–H groups in total. The molecule has 3 rings (SSSR count). The first-order chi connectivity index (χ1) is 12.0. The van der Waals surface area contributed by atoms with E-state index in [1.54, 1.807) is 6.07 Å². The van der Waals surface area contributed by atoms with Crippen LogP contribution in [-0.2, 0) is 17.6 Å². The summed E-state index contributed by atoms with van der Waals surface area (Å²) in [4.78, 5) is 14.7. The predicted octanol–water partition coefficient (Wildman–Crippen LogP) is 2.41. The van der Waals surface area contributed by atoms with Crippen molar-refractivity contribution in [2.45, 2.75) is 18.9 Å². The van der Waals surface area contributed by atoms with Crippen LogP contribution in [0.2, 0.25) is 0 Å². The van der Waals surface area contributed by atoms with Gasteiger partial charge in [-0.1, -0.05) is 24.3 Å². The summed E-state index contributed by atoms with van der Waals surface area (Å²) in [6.07, 6.45) is 2.67. The largest absolute Gasteiger partial charge is 0.508 e. The monoisotopic (exact) mass is 340 g/mol. The highest BCUT2D eigenvalue weighted by Gasteiger charge is 2.19. The Hall–Kier alpha value is -2.99. The first kappa shape index (κ1) is 16.9. The Morgan fingerprint density at radius 1 is 1.12 bits per heavy atom. The van der Waals surface area contributed by atoms with Crippen molar-refractivity contribution < 1.29 is 20.1 Å². The molecule has 2 aromatic carbocycles. The summed E-state index contributed by atoms with van der Waals surface area (Å²) < 4.78 is 0. The Kier molecular flexibility index (Phi) is 4.90. The SMILES string of the molecule is O=C(O)[C@H](Cc1c[nH]c2ccccc12)NCCc1ccc(O)cc1O. The molecule has 0 aliphatic heterocycles. The van der Waals surface area contributed by atoms with E-state index in [-0.39, 0.29) is 11.5 Å². The van der Waals surface area contributed by atoms with Crippen molar-refractivity contribution in [3.8, 4) is 11.5 Å². The molecule has 0 radical (unpaired) electrons. The van der Waals surface area contributed by atoms with E-state index >= 15 is 0 Å². The molecule has 25 heavy (non-hydrogen) atoms. The molecule has 0 aliphatic carbocycles. The first-order valence-corrected chi connectivity index (χ1v) is 8.06. The number of fused-ring (bicyclic) bond motifs is 1. The lowest BCUT2D eigenvalue weighted by atomic mass is 10.0. The fraction of sp³-hybridized carbons (Fsp3) is 0.211. The fourth-order valence-electron chi connectivity index (χ4n) is 2.91. The minimum Gasteiger partial charge on any atom is -0.508 e. The van der Waals surface area contributed by atoms with E-state index in [4.69, 9.17) is 0 Å². The normalized spacial score (nSPS) is 12.3. The Labute approximate surface area is 144 Å². The second-order valence-corrected chi connectivity index (χ2v) is 5.97. The van der Waals surface area contributed by atoms with Gasteiger partial charge in [0.1, 0.15) is 17.5 Å². The number of H-pyrrole nitrogens is 1. The Balaban J connectivity index is 1.64. The summed E-state index contributed by atoms with van der Waals surface area (Å²) in [5, 5.41) is 32.6. The molecule has 0 saturated carbocycles. The Morgan fingerprint density at radius 2 is 1.92 bits per heavy atom. The minimum absolute atomic E-state index is 0.00282. The maximum atomic E-state index is 11.6. The lowest BCUT2D eigenvalue weighted by Crippen LogP contribution is -2.39. The predicted molar refractivity (Wildman–Crippen MR) is 94.9 cm³/mol. The minimum atomic E-state index is -0.916. The van der Waals surface area contributed by atoms with Crippen molar-refractivity contribution in [3.63, 3.8) is 0 Å². The molecular formula is C19H20N2O4. The van der Waals surface area contributed by atoms with E-state index < -0.39 is 12.0 Å². The molecule has 0 bridgehead atoms. The Morgan fingerprint density at radius 3 is 2.68 bits per heavy atom. The molecule has 0 fully saturated rings. The quantitative estimate of drug-likeness (QED) is 0.454. The highest BCUT2D eigenvalue weighted by atomic mass is 16.4. The Bertz CT molecular complexity index is 888. The van der Waals surface area contributed by atoms with Gasteiger partial charge in [0, 0.05) is 36.1 Å². The van der Waals surface area contributed by atoms with E-state index in [1.807, 2.05) is 30.5 Å². The maximum absolute atomic E-state index is 11.6. The van der Waals surface area contributed by atoms with Crippen molar-refractivity contribution in [1.29, 1.82) is 0 Å². The van der Waals surface area contributed by atoms with Crippen LogP contribution < -0.4 is 5.32 Å². The lowest BCUT2D eigenvalue weighted by Gasteiger charge is -2.14. The number of carboxylic acids is 1. The molecule has 1 atom stereocenters. The second-order valence-electron chi connectivity index (χ2n) is 5.97. The lowest BCUT2D eigenvalue weighted by molar-refractivity contribution is -0.139. The van der Waals surface area contributed by atoms with Gasteiger partial charge < -0.3 is 25.6 Å². The van der Waals surface area contributed by atoms with Gasteiger partial charge in [0.15, 0.2) is 0 Å². The topological polar surface area (TPSA) is 106 Å². The van der Waals surface area contributed by atoms with Crippen LogP contribution in [0, 0.1) is 0 Å². The van der Waals surface area contributed by atoms with Gasteiger partial charge >= 0.3 is 5.97 Å². The summed E-state index contributed by atoms with van der Waals surface area (Å²) in [5.41, 5.74) is 2.58. The third-order valence-corrected chi connectivity index (χ3v) is 4.25. The molecule has 0 saturated heterocycles. The number of carboxylic acid groups (broad SMARTS) is 1. The van der Waals surface area contributed by atoms with Crippen molar-refractivity contribution in [3.05, 3.63) is 59.8 Å². The van der Waals surface area contributed by atoms with Crippen molar-refractivity contribution >= 4 is 16.9 Å². The summed E-state index contributed by atoms with van der Waals surface area (Å²) in [6.45, 7) is 0.400. The number of aromatic amines is 1.